The quantitative estimate of drug-likeness (QED) is 0.927. The molecule has 1 aromatic heterocycles. The van der Waals surface area contributed by atoms with Crippen molar-refractivity contribution >= 4 is 12.4 Å². The molecule has 0 radical (unpaired) electrons. The zero-order valence-electron chi connectivity index (χ0n) is 15.1. The molecule has 0 spiro atoms. The van der Waals surface area contributed by atoms with Crippen molar-refractivity contribution in [2.24, 2.45) is 12.8 Å². The molecule has 0 aliphatic carbocycles. The number of halogens is 1. The first-order valence-electron chi connectivity index (χ1n) is 8.40. The minimum Gasteiger partial charge on any atom is -0.326 e. The number of hydrogen-bond donors (Lipinski definition) is 1. The van der Waals surface area contributed by atoms with Gasteiger partial charge in [0.1, 0.15) is 0 Å². The lowest BCUT2D eigenvalue weighted by Crippen LogP contribution is -2.29. The average molecular weight is 349 g/mol. The van der Waals surface area contributed by atoms with Gasteiger partial charge in [0.2, 0.25) is 0 Å². The van der Waals surface area contributed by atoms with Crippen molar-refractivity contribution in [2.45, 2.75) is 44.7 Å². The summed E-state index contributed by atoms with van der Waals surface area (Å²) in [4.78, 5) is 2.47. The molecule has 2 atom stereocenters. The summed E-state index contributed by atoms with van der Waals surface area (Å²) in [6, 6.07) is 10.9. The summed E-state index contributed by atoms with van der Waals surface area (Å²) in [5.74, 6) is 0.422. The number of aryl methyl sites for hydroxylation is 1. The molecule has 24 heavy (non-hydrogen) atoms. The molecule has 1 aromatic carbocycles. The lowest BCUT2D eigenvalue weighted by Gasteiger charge is -2.21. The van der Waals surface area contributed by atoms with E-state index in [4.69, 9.17) is 5.73 Å². The zero-order valence-corrected chi connectivity index (χ0v) is 15.9. The molecular formula is C19H29ClN4. The molecule has 5 heteroatoms. The van der Waals surface area contributed by atoms with Gasteiger partial charge in [-0.1, -0.05) is 51.1 Å². The standard InChI is InChI=1S/C19H28N4.ClH/c1-19(2,3)18-15(10-22(4)21-18)11-23-12-16(17(20)13-23)14-8-6-5-7-9-14;/h5-10,16-17H,11-13,20H2,1-4H3;1H/t16-,17+;/m0./s1. The van der Waals surface area contributed by atoms with Crippen LogP contribution in [0.5, 0.6) is 0 Å². The SMILES string of the molecule is Cl.Cn1cc(CN2C[C@@H](N)[C@H](c3ccccc3)C2)c(C(C)(C)C)n1. The summed E-state index contributed by atoms with van der Waals surface area (Å²) in [6.07, 6.45) is 2.15. The van der Waals surface area contributed by atoms with Gasteiger partial charge in [-0.25, -0.2) is 0 Å². The number of aromatic nitrogens is 2. The number of benzene rings is 1. The number of nitrogens with two attached hydrogens (primary N) is 1. The van der Waals surface area contributed by atoms with Crippen molar-refractivity contribution in [3.05, 3.63) is 53.3 Å². The fourth-order valence-electron chi connectivity index (χ4n) is 3.62. The van der Waals surface area contributed by atoms with Gasteiger partial charge in [0.15, 0.2) is 0 Å². The Kier molecular flexibility index (Phi) is 5.74. The number of likely N-dealkylation sites (tertiary alicyclic amines) is 1. The fraction of sp³-hybridized carbons (Fsp3) is 0.526. The third-order valence-corrected chi connectivity index (χ3v) is 4.68. The predicted octanol–water partition coefficient (Wildman–Crippen LogP) is 3.07. The number of hydrogen-bond acceptors (Lipinski definition) is 3. The smallest absolute Gasteiger partial charge is 0.0722 e. The Morgan fingerprint density at radius 3 is 2.46 bits per heavy atom. The van der Waals surface area contributed by atoms with Crippen LogP contribution in [0.15, 0.2) is 36.5 Å². The zero-order chi connectivity index (χ0) is 16.6. The third-order valence-electron chi connectivity index (χ3n) is 4.68. The van der Waals surface area contributed by atoms with E-state index >= 15 is 0 Å². The van der Waals surface area contributed by atoms with Gasteiger partial charge in [0.05, 0.1) is 5.69 Å². The highest BCUT2D eigenvalue weighted by atomic mass is 35.5. The molecule has 1 aliphatic heterocycles. The monoisotopic (exact) mass is 348 g/mol. The van der Waals surface area contributed by atoms with Crippen LogP contribution in [0, 0.1) is 0 Å². The molecule has 4 nitrogen and oxygen atoms in total. The second kappa shape index (κ2) is 7.26. The predicted molar refractivity (Wildman–Crippen MR) is 102 cm³/mol. The van der Waals surface area contributed by atoms with Gasteiger partial charge in [-0.15, -0.1) is 12.4 Å². The van der Waals surface area contributed by atoms with E-state index in [0.717, 1.165) is 19.6 Å². The molecule has 0 saturated carbocycles. The number of rotatable bonds is 3. The molecule has 132 valence electrons. The lowest BCUT2D eigenvalue weighted by atomic mass is 9.89. The Labute approximate surface area is 151 Å². The van der Waals surface area contributed by atoms with E-state index < -0.39 is 0 Å². The van der Waals surface area contributed by atoms with E-state index in [-0.39, 0.29) is 23.9 Å². The Morgan fingerprint density at radius 1 is 1.17 bits per heavy atom. The first-order chi connectivity index (χ1) is 10.8. The molecule has 0 bridgehead atoms. The van der Waals surface area contributed by atoms with Crippen LogP contribution in [-0.4, -0.2) is 33.8 Å². The minimum absolute atomic E-state index is 0. The van der Waals surface area contributed by atoms with E-state index in [1.165, 1.54) is 16.8 Å². The molecule has 0 amide bonds. The van der Waals surface area contributed by atoms with Crippen LogP contribution in [-0.2, 0) is 19.0 Å². The summed E-state index contributed by atoms with van der Waals surface area (Å²) in [5, 5.41) is 4.68. The van der Waals surface area contributed by atoms with E-state index in [0.29, 0.717) is 5.92 Å². The van der Waals surface area contributed by atoms with Gasteiger partial charge in [0, 0.05) is 55.8 Å². The van der Waals surface area contributed by atoms with Gasteiger partial charge in [0.25, 0.3) is 0 Å². The fourth-order valence-corrected chi connectivity index (χ4v) is 3.62. The van der Waals surface area contributed by atoms with Crippen molar-refractivity contribution < 1.29 is 0 Å². The van der Waals surface area contributed by atoms with Crippen LogP contribution < -0.4 is 5.73 Å². The highest BCUT2D eigenvalue weighted by molar-refractivity contribution is 5.85. The van der Waals surface area contributed by atoms with E-state index in [1.54, 1.807) is 0 Å². The summed E-state index contributed by atoms with van der Waals surface area (Å²) in [7, 11) is 2.00. The van der Waals surface area contributed by atoms with Crippen molar-refractivity contribution in [3.63, 3.8) is 0 Å². The summed E-state index contributed by atoms with van der Waals surface area (Å²) in [6.45, 7) is 9.56. The topological polar surface area (TPSA) is 47.1 Å². The minimum atomic E-state index is 0. The van der Waals surface area contributed by atoms with Crippen molar-refractivity contribution in [2.75, 3.05) is 13.1 Å². The maximum atomic E-state index is 6.42. The van der Waals surface area contributed by atoms with Gasteiger partial charge in [-0.05, 0) is 5.56 Å². The number of nitrogens with zero attached hydrogens (tertiary/aromatic N) is 3. The average Bonchev–Trinajstić information content (AvgIpc) is 3.03. The molecule has 0 unspecified atom stereocenters. The van der Waals surface area contributed by atoms with Crippen molar-refractivity contribution in [3.8, 4) is 0 Å². The van der Waals surface area contributed by atoms with Crippen LogP contribution in [0.25, 0.3) is 0 Å². The van der Waals surface area contributed by atoms with Crippen molar-refractivity contribution in [1.29, 1.82) is 0 Å². The van der Waals surface area contributed by atoms with Crippen LogP contribution in [0.2, 0.25) is 0 Å². The van der Waals surface area contributed by atoms with E-state index in [9.17, 15) is 0 Å². The summed E-state index contributed by atoms with van der Waals surface area (Å²) in [5.41, 5.74) is 10.4. The molecule has 2 heterocycles. The van der Waals surface area contributed by atoms with Crippen LogP contribution in [0.1, 0.15) is 43.5 Å². The van der Waals surface area contributed by atoms with E-state index in [1.807, 2.05) is 11.7 Å². The highest BCUT2D eigenvalue weighted by Gasteiger charge is 2.32. The van der Waals surface area contributed by atoms with Crippen molar-refractivity contribution in [1.82, 2.24) is 14.7 Å². The molecular weight excluding hydrogens is 320 g/mol. The van der Waals surface area contributed by atoms with Crippen LogP contribution >= 0.6 is 12.4 Å². The normalized spacial score (nSPS) is 21.7. The molecule has 1 aliphatic rings. The van der Waals surface area contributed by atoms with Gasteiger partial charge in [-0.3, -0.25) is 9.58 Å². The van der Waals surface area contributed by atoms with E-state index in [2.05, 4.69) is 67.3 Å². The lowest BCUT2D eigenvalue weighted by molar-refractivity contribution is 0.320. The molecule has 1 fully saturated rings. The first kappa shape index (κ1) is 19.0. The Hall–Kier alpha value is -1.36. The van der Waals surface area contributed by atoms with Crippen LogP contribution in [0.3, 0.4) is 0 Å². The molecule has 2 aromatic rings. The van der Waals surface area contributed by atoms with Gasteiger partial charge >= 0.3 is 0 Å². The third kappa shape index (κ3) is 4.00. The largest absolute Gasteiger partial charge is 0.326 e. The van der Waals surface area contributed by atoms with Gasteiger partial charge in [-0.2, -0.15) is 5.10 Å². The Balaban J connectivity index is 0.00000208. The highest BCUT2D eigenvalue weighted by Crippen LogP contribution is 2.30. The summed E-state index contributed by atoms with van der Waals surface area (Å²) < 4.78 is 1.93. The Morgan fingerprint density at radius 2 is 1.83 bits per heavy atom. The first-order valence-corrected chi connectivity index (χ1v) is 8.40. The second-order valence-corrected chi connectivity index (χ2v) is 7.80. The molecule has 2 N–H and O–H groups in total. The Bertz CT molecular complexity index is 660. The maximum Gasteiger partial charge on any atom is 0.0722 e. The maximum absolute atomic E-state index is 6.42. The van der Waals surface area contributed by atoms with Crippen LogP contribution in [0.4, 0.5) is 0 Å². The van der Waals surface area contributed by atoms with Gasteiger partial charge < -0.3 is 5.73 Å². The molecule has 3 rings (SSSR count). The second-order valence-electron chi connectivity index (χ2n) is 7.80. The molecule has 1 saturated heterocycles. The summed E-state index contributed by atoms with van der Waals surface area (Å²) >= 11 is 0.